The summed E-state index contributed by atoms with van der Waals surface area (Å²) in [5.74, 6) is -2.18. The fraction of sp³-hybridized carbons (Fsp3) is 0.200. The number of nitrogens with one attached hydrogen (secondary N) is 1. The zero-order valence-corrected chi connectivity index (χ0v) is 15.5. The number of hydrogen-bond acceptors (Lipinski definition) is 4. The molecular weight excluding hydrogens is 410 g/mol. The van der Waals surface area contributed by atoms with Crippen LogP contribution in [0, 0.1) is 11.6 Å². The third-order valence-corrected chi connectivity index (χ3v) is 7.34. The van der Waals surface area contributed by atoms with Gasteiger partial charge in [-0.15, -0.1) is 0 Å². The number of rotatable bonds is 4. The Kier molecular flexibility index (Phi) is 4.84. The van der Waals surface area contributed by atoms with Crippen molar-refractivity contribution >= 4 is 43.0 Å². The molecule has 0 amide bonds. The lowest BCUT2D eigenvalue weighted by Crippen LogP contribution is -2.25. The summed E-state index contributed by atoms with van der Waals surface area (Å²) in [5, 5.41) is 0.131. The first-order chi connectivity index (χ1) is 12.1. The molecular formula is C15H13ClF2N2O4S2. The Hall–Kier alpha value is -1.91. The van der Waals surface area contributed by atoms with Crippen molar-refractivity contribution in [2.75, 3.05) is 21.3 Å². The number of hydrogen-bond donors (Lipinski definition) is 1. The molecule has 1 saturated heterocycles. The molecule has 140 valence electrons. The first-order valence-electron chi connectivity index (χ1n) is 7.38. The molecule has 0 spiro atoms. The number of halogens is 3. The quantitative estimate of drug-likeness (QED) is 0.821. The topological polar surface area (TPSA) is 83.6 Å². The van der Waals surface area contributed by atoms with Gasteiger partial charge in [-0.3, -0.25) is 9.03 Å². The summed E-state index contributed by atoms with van der Waals surface area (Å²) in [6, 6.07) is 5.98. The molecule has 3 rings (SSSR count). The van der Waals surface area contributed by atoms with Crippen molar-refractivity contribution < 1.29 is 25.6 Å². The zero-order valence-electron chi connectivity index (χ0n) is 13.1. The fourth-order valence-corrected chi connectivity index (χ4v) is 5.53. The molecule has 0 aromatic heterocycles. The van der Waals surface area contributed by atoms with Crippen molar-refractivity contribution in [2.45, 2.75) is 11.3 Å². The van der Waals surface area contributed by atoms with E-state index in [0.29, 0.717) is 12.5 Å². The Labute approximate surface area is 154 Å². The van der Waals surface area contributed by atoms with E-state index in [-0.39, 0.29) is 28.7 Å². The number of sulfonamides is 2. The van der Waals surface area contributed by atoms with E-state index in [9.17, 15) is 25.6 Å². The van der Waals surface area contributed by atoms with Crippen LogP contribution in [0.1, 0.15) is 6.42 Å². The summed E-state index contributed by atoms with van der Waals surface area (Å²) < 4.78 is 78.8. The van der Waals surface area contributed by atoms with Crippen LogP contribution in [-0.4, -0.2) is 29.1 Å². The lowest BCUT2D eigenvalue weighted by atomic mass is 10.3. The maximum Gasteiger partial charge on any atom is 0.264 e. The summed E-state index contributed by atoms with van der Waals surface area (Å²) in [7, 11) is -7.86. The highest BCUT2D eigenvalue weighted by atomic mass is 35.5. The highest BCUT2D eigenvalue weighted by Gasteiger charge is 2.30. The molecule has 2 aromatic carbocycles. The minimum absolute atomic E-state index is 0.00442. The predicted octanol–water partition coefficient (Wildman–Crippen LogP) is 2.96. The van der Waals surface area contributed by atoms with Gasteiger partial charge >= 0.3 is 0 Å². The third-order valence-electron chi connectivity index (χ3n) is 3.75. The maximum absolute atomic E-state index is 13.8. The van der Waals surface area contributed by atoms with Gasteiger partial charge in [-0.05, 0) is 36.8 Å². The summed E-state index contributed by atoms with van der Waals surface area (Å²) >= 11 is 6.05. The second-order valence-electron chi connectivity index (χ2n) is 5.59. The highest BCUT2D eigenvalue weighted by molar-refractivity contribution is 7.93. The molecule has 1 N–H and O–H groups in total. The van der Waals surface area contributed by atoms with Gasteiger partial charge in [-0.2, -0.15) is 0 Å². The Balaban J connectivity index is 1.97. The van der Waals surface area contributed by atoms with E-state index in [1.165, 1.54) is 18.2 Å². The van der Waals surface area contributed by atoms with Crippen LogP contribution >= 0.6 is 11.6 Å². The van der Waals surface area contributed by atoms with Crippen molar-refractivity contribution in [1.29, 1.82) is 0 Å². The van der Waals surface area contributed by atoms with Gasteiger partial charge in [0, 0.05) is 12.6 Å². The van der Waals surface area contributed by atoms with Gasteiger partial charge in [-0.25, -0.2) is 25.6 Å². The van der Waals surface area contributed by atoms with Gasteiger partial charge in [0.15, 0.2) is 0 Å². The molecule has 1 aliphatic rings. The van der Waals surface area contributed by atoms with E-state index in [1.807, 2.05) is 0 Å². The molecule has 6 nitrogen and oxygen atoms in total. The predicted molar refractivity (Wildman–Crippen MR) is 94.4 cm³/mol. The smallest absolute Gasteiger partial charge is 0.264 e. The molecule has 1 heterocycles. The van der Waals surface area contributed by atoms with E-state index < -0.39 is 36.6 Å². The second-order valence-corrected chi connectivity index (χ2v) is 9.66. The molecule has 0 bridgehead atoms. The second kappa shape index (κ2) is 6.67. The maximum atomic E-state index is 13.8. The highest BCUT2D eigenvalue weighted by Crippen LogP contribution is 2.34. The van der Waals surface area contributed by atoms with Crippen LogP contribution in [-0.2, 0) is 20.0 Å². The molecule has 1 fully saturated rings. The summed E-state index contributed by atoms with van der Waals surface area (Å²) in [5.41, 5.74) is 0.124. The minimum Gasteiger partial charge on any atom is -0.279 e. The molecule has 2 aromatic rings. The van der Waals surface area contributed by atoms with Crippen LogP contribution in [0.5, 0.6) is 0 Å². The molecule has 11 heteroatoms. The van der Waals surface area contributed by atoms with Gasteiger partial charge in [-0.1, -0.05) is 11.6 Å². The van der Waals surface area contributed by atoms with E-state index in [0.717, 1.165) is 16.4 Å². The lowest BCUT2D eigenvalue weighted by Gasteiger charge is -2.19. The van der Waals surface area contributed by atoms with Crippen LogP contribution in [0.25, 0.3) is 0 Å². The average Bonchev–Trinajstić information content (AvgIpc) is 2.87. The summed E-state index contributed by atoms with van der Waals surface area (Å²) in [4.78, 5) is -0.732. The van der Waals surface area contributed by atoms with Gasteiger partial charge in [0.25, 0.3) is 10.0 Å². The standard InChI is InChI=1S/C15H13ClF2N2O4S2/c16-12-4-3-11(9-14(12)20-6-1-7-25(20,21)22)19-26(23,24)15-5-2-10(17)8-13(15)18/h2-5,8-9,19H,1,6-7H2. The van der Waals surface area contributed by atoms with Gasteiger partial charge in [0.1, 0.15) is 16.5 Å². The van der Waals surface area contributed by atoms with Crippen LogP contribution in [0.2, 0.25) is 5.02 Å². The van der Waals surface area contributed by atoms with E-state index >= 15 is 0 Å². The number of anilines is 2. The molecule has 0 unspecified atom stereocenters. The van der Waals surface area contributed by atoms with Gasteiger partial charge < -0.3 is 0 Å². The fourth-order valence-electron chi connectivity index (χ4n) is 2.58. The molecule has 0 aliphatic carbocycles. The van der Waals surface area contributed by atoms with Crippen LogP contribution in [0.15, 0.2) is 41.3 Å². The average molecular weight is 423 g/mol. The Morgan fingerprint density at radius 3 is 2.46 bits per heavy atom. The molecule has 0 atom stereocenters. The van der Waals surface area contributed by atoms with Crippen LogP contribution in [0.3, 0.4) is 0 Å². The van der Waals surface area contributed by atoms with Crippen molar-refractivity contribution in [3.63, 3.8) is 0 Å². The summed E-state index contributed by atoms with van der Waals surface area (Å²) in [6.45, 7) is 0.227. The molecule has 26 heavy (non-hydrogen) atoms. The van der Waals surface area contributed by atoms with Crippen molar-refractivity contribution in [3.05, 3.63) is 53.1 Å². The SMILES string of the molecule is O=S(=O)(Nc1ccc(Cl)c(N2CCCS2(=O)=O)c1)c1ccc(F)cc1F. The van der Waals surface area contributed by atoms with Crippen LogP contribution in [0.4, 0.5) is 20.2 Å². The number of benzene rings is 2. The Morgan fingerprint density at radius 2 is 1.85 bits per heavy atom. The minimum atomic E-state index is -4.35. The Bertz CT molecular complexity index is 1080. The normalized spacial score (nSPS) is 16.7. The molecule has 0 saturated carbocycles. The molecule has 0 radical (unpaired) electrons. The van der Waals surface area contributed by atoms with Crippen LogP contribution < -0.4 is 9.03 Å². The van der Waals surface area contributed by atoms with E-state index in [4.69, 9.17) is 11.6 Å². The van der Waals surface area contributed by atoms with Crippen molar-refractivity contribution in [1.82, 2.24) is 0 Å². The third kappa shape index (κ3) is 3.62. The van der Waals surface area contributed by atoms with Crippen molar-refractivity contribution in [2.24, 2.45) is 0 Å². The Morgan fingerprint density at radius 1 is 1.12 bits per heavy atom. The molecule has 1 aliphatic heterocycles. The van der Waals surface area contributed by atoms with E-state index in [1.54, 1.807) is 0 Å². The van der Waals surface area contributed by atoms with E-state index in [2.05, 4.69) is 4.72 Å². The number of nitrogens with zero attached hydrogens (tertiary/aromatic N) is 1. The first kappa shape index (κ1) is 18.9. The summed E-state index contributed by atoms with van der Waals surface area (Å²) in [6.07, 6.45) is 0.426. The van der Waals surface area contributed by atoms with Gasteiger partial charge in [0.05, 0.1) is 22.2 Å². The first-order valence-corrected chi connectivity index (χ1v) is 10.8. The largest absolute Gasteiger partial charge is 0.279 e. The van der Waals surface area contributed by atoms with Gasteiger partial charge in [0.2, 0.25) is 10.0 Å². The zero-order chi connectivity index (χ0) is 19.1. The lowest BCUT2D eigenvalue weighted by molar-refractivity contribution is 0.551. The monoisotopic (exact) mass is 422 g/mol. The van der Waals surface area contributed by atoms with Crippen molar-refractivity contribution in [3.8, 4) is 0 Å².